The van der Waals surface area contributed by atoms with Crippen LogP contribution in [0.2, 0.25) is 0 Å². The van der Waals surface area contributed by atoms with E-state index in [1.54, 1.807) is 36.4 Å². The highest BCUT2D eigenvalue weighted by molar-refractivity contribution is 6.29. The van der Waals surface area contributed by atoms with Gasteiger partial charge in [-0.1, -0.05) is 72.8 Å². The highest BCUT2D eigenvalue weighted by atomic mass is 16.1. The monoisotopic (exact) mass is 436 g/mol. The lowest BCUT2D eigenvalue weighted by Gasteiger charge is -2.40. The van der Waals surface area contributed by atoms with Gasteiger partial charge in [0, 0.05) is 22.3 Å². The Kier molecular flexibility index (Phi) is 3.24. The van der Waals surface area contributed by atoms with Gasteiger partial charge in [0.15, 0.2) is 11.6 Å². The molecule has 4 aromatic carbocycles. The predicted molar refractivity (Wildman–Crippen MR) is 128 cm³/mol. The maximum absolute atomic E-state index is 13.2. The highest BCUT2D eigenvalue weighted by Gasteiger charge is 2.43. The van der Waals surface area contributed by atoms with Crippen LogP contribution in [0.1, 0.15) is 77.3 Å². The number of hydrogen-bond acceptors (Lipinski definition) is 4. The molecule has 0 saturated carbocycles. The Labute approximate surface area is 194 Å². The van der Waals surface area contributed by atoms with Crippen LogP contribution in [-0.4, -0.2) is 21.5 Å². The van der Waals surface area contributed by atoms with E-state index in [-0.39, 0.29) is 23.4 Å². The fourth-order valence-corrected chi connectivity index (χ4v) is 6.10. The van der Waals surface area contributed by atoms with Crippen molar-refractivity contribution < 1.29 is 9.59 Å². The third-order valence-electron chi connectivity index (χ3n) is 7.55. The maximum Gasteiger partial charge on any atom is 0.194 e. The molecule has 0 unspecified atom stereocenters. The van der Waals surface area contributed by atoms with Gasteiger partial charge in [0.2, 0.25) is 0 Å². The standard InChI is InChI=1S/C30H16N2O2/c33-29-19-11-5-6-12-20(19)30(34)22-14-24-23(13-21(22)29)31-27-25-15-7-1-2-8-16(15)26(28(27)32-24)18-10-4-3-9-17(18)25/h1-14,25-26H. The lowest BCUT2D eigenvalue weighted by molar-refractivity contribution is 0.0979. The Hall–Kier alpha value is -4.44. The van der Waals surface area contributed by atoms with E-state index < -0.39 is 0 Å². The van der Waals surface area contributed by atoms with E-state index in [0.29, 0.717) is 33.3 Å². The van der Waals surface area contributed by atoms with Crippen molar-refractivity contribution in [2.45, 2.75) is 11.8 Å². The molecule has 0 aliphatic heterocycles. The third kappa shape index (κ3) is 2.09. The van der Waals surface area contributed by atoms with Gasteiger partial charge in [0.05, 0.1) is 34.3 Å². The van der Waals surface area contributed by atoms with Crippen molar-refractivity contribution in [2.24, 2.45) is 0 Å². The Bertz CT molecular complexity index is 1590. The first-order valence-electron chi connectivity index (χ1n) is 11.4. The van der Waals surface area contributed by atoms with Crippen LogP contribution >= 0.6 is 0 Å². The summed E-state index contributed by atoms with van der Waals surface area (Å²) in [5.74, 6) is -0.246. The number of ketones is 2. The van der Waals surface area contributed by atoms with Gasteiger partial charge in [-0.25, -0.2) is 9.97 Å². The molecule has 0 N–H and O–H groups in total. The number of fused-ring (bicyclic) bond motifs is 3. The fourth-order valence-electron chi connectivity index (χ4n) is 6.10. The molecule has 4 aliphatic rings. The first-order valence-corrected chi connectivity index (χ1v) is 11.4. The molecule has 2 bridgehead atoms. The molecule has 0 saturated heterocycles. The Morgan fingerprint density at radius 3 is 1.21 bits per heavy atom. The van der Waals surface area contributed by atoms with Crippen molar-refractivity contribution in [3.63, 3.8) is 0 Å². The zero-order valence-corrected chi connectivity index (χ0v) is 17.9. The molecule has 0 radical (unpaired) electrons. The van der Waals surface area contributed by atoms with Crippen molar-refractivity contribution in [3.05, 3.63) is 141 Å². The van der Waals surface area contributed by atoms with E-state index in [4.69, 9.17) is 9.97 Å². The molecular formula is C30H16N2O2. The summed E-state index contributed by atoms with van der Waals surface area (Å²) in [4.78, 5) is 36.7. The van der Waals surface area contributed by atoms with Crippen LogP contribution in [0.15, 0.2) is 84.9 Å². The van der Waals surface area contributed by atoms with Crippen LogP contribution in [-0.2, 0) is 0 Å². The molecular weight excluding hydrogens is 420 g/mol. The summed E-state index contributed by atoms with van der Waals surface area (Å²) in [5, 5.41) is 0. The summed E-state index contributed by atoms with van der Waals surface area (Å²) >= 11 is 0. The van der Waals surface area contributed by atoms with Gasteiger partial charge < -0.3 is 0 Å². The lowest BCUT2D eigenvalue weighted by atomic mass is 9.64. The molecule has 0 fully saturated rings. The van der Waals surface area contributed by atoms with Crippen LogP contribution in [0.3, 0.4) is 0 Å². The molecule has 34 heavy (non-hydrogen) atoms. The van der Waals surface area contributed by atoms with E-state index in [1.807, 2.05) is 0 Å². The van der Waals surface area contributed by atoms with Gasteiger partial charge in [-0.2, -0.15) is 0 Å². The number of nitrogens with zero attached hydrogens (tertiary/aromatic N) is 2. The van der Waals surface area contributed by atoms with Gasteiger partial charge in [0.1, 0.15) is 0 Å². The van der Waals surface area contributed by atoms with E-state index in [1.165, 1.54) is 22.3 Å². The first-order chi connectivity index (χ1) is 16.7. The van der Waals surface area contributed by atoms with Crippen LogP contribution < -0.4 is 0 Å². The molecule has 4 aliphatic carbocycles. The second-order valence-electron chi connectivity index (χ2n) is 9.21. The normalized spacial score (nSPS) is 18.7. The molecule has 0 amide bonds. The molecule has 4 heteroatoms. The molecule has 0 spiro atoms. The second kappa shape index (κ2) is 6.12. The van der Waals surface area contributed by atoms with Crippen LogP contribution in [0.5, 0.6) is 0 Å². The fraction of sp³-hybridized carbons (Fsp3) is 0.0667. The summed E-state index contributed by atoms with van der Waals surface area (Å²) in [5.41, 5.74) is 10.0. The Morgan fingerprint density at radius 2 is 0.824 bits per heavy atom. The zero-order chi connectivity index (χ0) is 22.6. The van der Waals surface area contributed by atoms with Crippen molar-refractivity contribution >= 4 is 22.6 Å². The zero-order valence-electron chi connectivity index (χ0n) is 17.9. The third-order valence-corrected chi connectivity index (χ3v) is 7.55. The largest absolute Gasteiger partial charge is 0.289 e. The Balaban J connectivity index is 1.41. The summed E-state index contributed by atoms with van der Waals surface area (Å²) in [6.07, 6.45) is 0. The average molecular weight is 436 g/mol. The van der Waals surface area contributed by atoms with Crippen molar-refractivity contribution in [2.75, 3.05) is 0 Å². The van der Waals surface area contributed by atoms with E-state index >= 15 is 0 Å². The Morgan fingerprint density at radius 1 is 0.471 bits per heavy atom. The van der Waals surface area contributed by atoms with Gasteiger partial charge in [0.25, 0.3) is 0 Å². The summed E-state index contributed by atoms with van der Waals surface area (Å²) < 4.78 is 0. The molecule has 9 rings (SSSR count). The maximum atomic E-state index is 13.2. The molecule has 0 atom stereocenters. The van der Waals surface area contributed by atoms with Crippen molar-refractivity contribution in [1.29, 1.82) is 0 Å². The first kappa shape index (κ1) is 18.0. The van der Waals surface area contributed by atoms with Crippen LogP contribution in [0.25, 0.3) is 11.0 Å². The van der Waals surface area contributed by atoms with E-state index in [9.17, 15) is 9.59 Å². The molecule has 1 aromatic heterocycles. The smallest absolute Gasteiger partial charge is 0.194 e. The highest BCUT2D eigenvalue weighted by Crippen LogP contribution is 2.54. The summed E-state index contributed by atoms with van der Waals surface area (Å²) in [6.45, 7) is 0. The minimum atomic E-state index is -0.135. The molecule has 1 heterocycles. The number of aromatic nitrogens is 2. The number of carbonyl (C=O) groups excluding carboxylic acids is 2. The topological polar surface area (TPSA) is 59.9 Å². The average Bonchev–Trinajstić information content (AvgIpc) is 2.89. The summed E-state index contributed by atoms with van der Waals surface area (Å²) in [6, 6.07) is 27.6. The van der Waals surface area contributed by atoms with Crippen LogP contribution in [0, 0.1) is 0 Å². The number of rotatable bonds is 0. The number of hydrogen-bond donors (Lipinski definition) is 0. The van der Waals surface area contributed by atoms with Gasteiger partial charge in [-0.05, 0) is 34.4 Å². The quantitative estimate of drug-likeness (QED) is 0.320. The SMILES string of the molecule is O=C1c2ccccc2C(=O)c2cc3nc4c(nc3cc21)C1c2ccccc2C4c2ccccc21. The van der Waals surface area contributed by atoms with Crippen LogP contribution in [0.4, 0.5) is 0 Å². The van der Waals surface area contributed by atoms with Crippen molar-refractivity contribution in [1.82, 2.24) is 9.97 Å². The second-order valence-corrected chi connectivity index (χ2v) is 9.21. The van der Waals surface area contributed by atoms with E-state index in [2.05, 4.69) is 48.5 Å². The number of benzene rings is 4. The minimum Gasteiger partial charge on any atom is -0.289 e. The predicted octanol–water partition coefficient (Wildman–Crippen LogP) is 5.39. The van der Waals surface area contributed by atoms with E-state index in [0.717, 1.165) is 11.4 Å². The van der Waals surface area contributed by atoms with Crippen molar-refractivity contribution in [3.8, 4) is 0 Å². The lowest BCUT2D eigenvalue weighted by Crippen LogP contribution is -2.29. The minimum absolute atomic E-state index is 0.0124. The van der Waals surface area contributed by atoms with Gasteiger partial charge >= 0.3 is 0 Å². The number of carbonyl (C=O) groups is 2. The summed E-state index contributed by atoms with van der Waals surface area (Å²) in [7, 11) is 0. The molecule has 158 valence electrons. The van der Waals surface area contributed by atoms with Gasteiger partial charge in [-0.15, -0.1) is 0 Å². The van der Waals surface area contributed by atoms with Gasteiger partial charge in [-0.3, -0.25) is 9.59 Å². The molecule has 4 nitrogen and oxygen atoms in total. The molecule has 5 aromatic rings.